The van der Waals surface area contributed by atoms with Gasteiger partial charge in [-0.1, -0.05) is 35.9 Å². The number of hydrogen-bond donors (Lipinski definition) is 1. The minimum Gasteiger partial charge on any atom is -0.381 e. The van der Waals surface area contributed by atoms with E-state index in [2.05, 4.69) is 4.98 Å². The molecule has 1 saturated heterocycles. The van der Waals surface area contributed by atoms with Crippen molar-refractivity contribution in [1.29, 1.82) is 0 Å². The zero-order valence-electron chi connectivity index (χ0n) is 16.5. The molecule has 0 saturated carbocycles. The van der Waals surface area contributed by atoms with Crippen molar-refractivity contribution in [2.75, 3.05) is 13.2 Å². The number of carbonyl (C=O) groups is 1. The molecule has 29 heavy (non-hydrogen) atoms. The van der Waals surface area contributed by atoms with Gasteiger partial charge in [0.25, 0.3) is 0 Å². The highest BCUT2D eigenvalue weighted by Gasteiger charge is 2.41. The van der Waals surface area contributed by atoms with Gasteiger partial charge >= 0.3 is 0 Å². The van der Waals surface area contributed by atoms with Gasteiger partial charge in [-0.3, -0.25) is 14.7 Å². The molecule has 0 aliphatic carbocycles. The Morgan fingerprint density at radius 1 is 1.28 bits per heavy atom. The molecule has 1 amide bonds. The Bertz CT molecular complexity index is 928. The number of aromatic nitrogens is 1. The number of nitrogens with two attached hydrogens (primary N) is 1. The number of hydrogen-bond acceptors (Lipinski definition) is 5. The topological polar surface area (TPSA) is 80.8 Å². The highest BCUT2D eigenvalue weighted by molar-refractivity contribution is 6.32. The molecule has 2 aliphatic heterocycles. The zero-order valence-corrected chi connectivity index (χ0v) is 17.2. The average molecular weight is 413 g/mol. The Hall–Kier alpha value is -2.44. The molecule has 7 heteroatoms. The predicted octanol–water partition coefficient (Wildman–Crippen LogP) is 3.27. The largest absolute Gasteiger partial charge is 0.381 e. The Labute approximate surface area is 175 Å². The molecule has 0 spiro atoms. The molecular formula is C22H25ClN4O2. The van der Waals surface area contributed by atoms with Crippen molar-refractivity contribution in [2.24, 2.45) is 10.7 Å². The number of nitrogens with zero attached hydrogens (tertiary/aromatic N) is 3. The van der Waals surface area contributed by atoms with Crippen LogP contribution in [0.1, 0.15) is 42.9 Å². The molecule has 1 aromatic carbocycles. The van der Waals surface area contributed by atoms with E-state index in [0.717, 1.165) is 29.5 Å². The first-order valence-electron chi connectivity index (χ1n) is 9.90. The predicted molar refractivity (Wildman–Crippen MR) is 113 cm³/mol. The molecule has 0 bridgehead atoms. The van der Waals surface area contributed by atoms with Crippen LogP contribution in [0.4, 0.5) is 0 Å². The van der Waals surface area contributed by atoms with Crippen LogP contribution in [0.5, 0.6) is 0 Å². The molecule has 0 radical (unpaired) electrons. The lowest BCUT2D eigenvalue weighted by Crippen LogP contribution is -2.55. The van der Waals surface area contributed by atoms with Crippen LogP contribution in [0.15, 0.2) is 47.7 Å². The summed E-state index contributed by atoms with van der Waals surface area (Å²) in [5.74, 6) is 0.255. The monoisotopic (exact) mass is 412 g/mol. The molecule has 0 unspecified atom stereocenters. The summed E-state index contributed by atoms with van der Waals surface area (Å²) < 4.78 is 5.41. The SMILES string of the molecule is C[C@@]1(c2cccc(Cc3cccnc3)c2Cl)CC(=O)N(C2CCOCC2)C(N)=N1. The van der Waals surface area contributed by atoms with Crippen molar-refractivity contribution in [3.8, 4) is 0 Å². The van der Waals surface area contributed by atoms with Gasteiger partial charge in [0.1, 0.15) is 0 Å². The average Bonchev–Trinajstić information content (AvgIpc) is 2.70. The number of aliphatic imine (C=N–C) groups is 1. The number of carbonyl (C=O) groups excluding carboxylic acids is 1. The van der Waals surface area contributed by atoms with E-state index >= 15 is 0 Å². The summed E-state index contributed by atoms with van der Waals surface area (Å²) in [5.41, 5.74) is 8.38. The maximum atomic E-state index is 13.1. The molecule has 152 valence electrons. The zero-order chi connectivity index (χ0) is 20.4. The van der Waals surface area contributed by atoms with Crippen LogP contribution in [0.25, 0.3) is 0 Å². The van der Waals surface area contributed by atoms with E-state index in [-0.39, 0.29) is 24.3 Å². The molecule has 1 fully saturated rings. The third-order valence-corrected chi connectivity index (χ3v) is 6.15. The first-order chi connectivity index (χ1) is 14.0. The van der Waals surface area contributed by atoms with Gasteiger partial charge in [-0.05, 0) is 42.5 Å². The van der Waals surface area contributed by atoms with E-state index in [9.17, 15) is 4.79 Å². The lowest BCUT2D eigenvalue weighted by molar-refractivity contribution is -0.132. The van der Waals surface area contributed by atoms with Gasteiger partial charge in [0, 0.05) is 43.1 Å². The number of benzene rings is 1. The molecule has 4 rings (SSSR count). The van der Waals surface area contributed by atoms with Gasteiger partial charge in [-0.15, -0.1) is 0 Å². The molecule has 3 heterocycles. The second-order valence-corrected chi connectivity index (χ2v) is 8.22. The summed E-state index contributed by atoms with van der Waals surface area (Å²) in [7, 11) is 0. The number of halogens is 1. The molecule has 1 atom stereocenters. The molecule has 6 nitrogen and oxygen atoms in total. The van der Waals surface area contributed by atoms with E-state index in [1.54, 1.807) is 11.1 Å². The molecule has 2 N–H and O–H groups in total. The number of rotatable bonds is 4. The first kappa shape index (κ1) is 19.9. The van der Waals surface area contributed by atoms with Crippen LogP contribution in [0.2, 0.25) is 5.02 Å². The van der Waals surface area contributed by atoms with Gasteiger partial charge < -0.3 is 10.5 Å². The quantitative estimate of drug-likeness (QED) is 0.835. The molecular weight excluding hydrogens is 388 g/mol. The van der Waals surface area contributed by atoms with Crippen molar-refractivity contribution >= 4 is 23.5 Å². The Morgan fingerprint density at radius 2 is 2.07 bits per heavy atom. The lowest BCUT2D eigenvalue weighted by Gasteiger charge is -2.40. The Kier molecular flexibility index (Phi) is 5.56. The van der Waals surface area contributed by atoms with Crippen molar-refractivity contribution in [3.05, 3.63) is 64.4 Å². The minimum absolute atomic E-state index is 0.0133. The van der Waals surface area contributed by atoms with E-state index in [0.29, 0.717) is 24.7 Å². The lowest BCUT2D eigenvalue weighted by atomic mass is 9.85. The Morgan fingerprint density at radius 3 is 2.76 bits per heavy atom. The number of pyridine rings is 1. The van der Waals surface area contributed by atoms with Crippen LogP contribution in [-0.2, 0) is 21.5 Å². The van der Waals surface area contributed by atoms with Gasteiger partial charge in [0.15, 0.2) is 5.96 Å². The fourth-order valence-corrected chi connectivity index (χ4v) is 4.59. The van der Waals surface area contributed by atoms with Gasteiger partial charge in [0.05, 0.1) is 12.0 Å². The van der Waals surface area contributed by atoms with Crippen LogP contribution < -0.4 is 5.73 Å². The molecule has 2 aromatic rings. The van der Waals surface area contributed by atoms with E-state index in [1.807, 2.05) is 43.5 Å². The maximum Gasteiger partial charge on any atom is 0.232 e. The minimum atomic E-state index is -0.787. The van der Waals surface area contributed by atoms with Gasteiger partial charge in [-0.25, -0.2) is 4.99 Å². The van der Waals surface area contributed by atoms with Crippen LogP contribution in [-0.4, -0.2) is 41.0 Å². The highest BCUT2D eigenvalue weighted by atomic mass is 35.5. The summed E-state index contributed by atoms with van der Waals surface area (Å²) in [6.07, 6.45) is 6.04. The fourth-order valence-electron chi connectivity index (χ4n) is 4.20. The standard InChI is InChI=1S/C22H25ClN4O2/c1-22(13-19(28)27(21(24)26-22)17-7-10-29-11-8-17)18-6-2-5-16(20(18)23)12-15-4-3-9-25-14-15/h2-6,9,14,17H,7-8,10-13H2,1H3,(H2,24,26)/t22-/m0/s1. The van der Waals surface area contributed by atoms with Gasteiger partial charge in [0.2, 0.25) is 5.91 Å². The summed E-state index contributed by atoms with van der Waals surface area (Å²) in [5, 5.41) is 0.628. The van der Waals surface area contributed by atoms with Crippen molar-refractivity contribution < 1.29 is 9.53 Å². The number of ether oxygens (including phenoxy) is 1. The van der Waals surface area contributed by atoms with Crippen molar-refractivity contribution in [3.63, 3.8) is 0 Å². The number of amides is 1. The maximum absolute atomic E-state index is 13.1. The molecule has 1 aromatic heterocycles. The van der Waals surface area contributed by atoms with Crippen LogP contribution >= 0.6 is 11.6 Å². The highest BCUT2D eigenvalue weighted by Crippen LogP contribution is 2.39. The first-order valence-corrected chi connectivity index (χ1v) is 10.3. The Balaban J connectivity index is 1.65. The van der Waals surface area contributed by atoms with Gasteiger partial charge in [-0.2, -0.15) is 0 Å². The second-order valence-electron chi connectivity index (χ2n) is 7.84. The van der Waals surface area contributed by atoms with E-state index < -0.39 is 5.54 Å². The summed E-state index contributed by atoms with van der Waals surface area (Å²) >= 11 is 6.79. The summed E-state index contributed by atoms with van der Waals surface area (Å²) in [6.45, 7) is 3.20. The third-order valence-electron chi connectivity index (χ3n) is 5.70. The van der Waals surface area contributed by atoms with Crippen LogP contribution in [0, 0.1) is 0 Å². The van der Waals surface area contributed by atoms with E-state index in [1.165, 1.54) is 0 Å². The third kappa shape index (κ3) is 4.00. The second kappa shape index (κ2) is 8.13. The summed E-state index contributed by atoms with van der Waals surface area (Å²) in [6, 6.07) is 9.86. The number of guanidine groups is 1. The normalized spacial score (nSPS) is 23.2. The van der Waals surface area contributed by atoms with Crippen LogP contribution in [0.3, 0.4) is 0 Å². The van der Waals surface area contributed by atoms with Crippen molar-refractivity contribution in [2.45, 2.75) is 44.2 Å². The van der Waals surface area contributed by atoms with E-state index in [4.69, 9.17) is 27.1 Å². The van der Waals surface area contributed by atoms with Crippen molar-refractivity contribution in [1.82, 2.24) is 9.88 Å². The smallest absolute Gasteiger partial charge is 0.232 e. The summed E-state index contributed by atoms with van der Waals surface area (Å²) in [4.78, 5) is 23.6. The molecule has 2 aliphatic rings. The fraction of sp³-hybridized carbons (Fsp3) is 0.409.